The minimum atomic E-state index is -0.540. The Morgan fingerprint density at radius 3 is 2.82 bits per heavy atom. The van der Waals surface area contributed by atoms with Crippen molar-refractivity contribution >= 4 is 22.6 Å². The summed E-state index contributed by atoms with van der Waals surface area (Å²) in [6.07, 6.45) is 2.48. The molecule has 3 aromatic heterocycles. The van der Waals surface area contributed by atoms with Crippen LogP contribution >= 0.6 is 0 Å². The van der Waals surface area contributed by atoms with Gasteiger partial charge in [0.25, 0.3) is 0 Å². The van der Waals surface area contributed by atoms with Gasteiger partial charge in [-0.3, -0.25) is 4.79 Å². The second-order valence-electron chi connectivity index (χ2n) is 7.15. The Morgan fingerprint density at radius 2 is 2.14 bits per heavy atom. The third-order valence-corrected chi connectivity index (χ3v) is 5.07. The summed E-state index contributed by atoms with van der Waals surface area (Å²) in [5.74, 6) is 0.997. The zero-order valence-electron chi connectivity index (χ0n) is 16.4. The fraction of sp³-hybridized carbons (Fsp3) is 0.400. The van der Waals surface area contributed by atoms with E-state index >= 15 is 0 Å². The lowest BCUT2D eigenvalue weighted by atomic mass is 9.97. The largest absolute Gasteiger partial charge is 0.378 e. The third-order valence-electron chi connectivity index (χ3n) is 5.07. The molecule has 1 amide bonds. The number of carbonyl (C=O) groups is 1. The number of nitrogens with one attached hydrogen (secondary N) is 1. The summed E-state index contributed by atoms with van der Waals surface area (Å²) in [5.41, 5.74) is 3.02. The topological polar surface area (TPSA) is 91.2 Å². The number of pyridine rings is 2. The van der Waals surface area contributed by atoms with E-state index in [0.717, 1.165) is 34.3 Å². The molecule has 1 atom stereocenters. The molecule has 0 bridgehead atoms. The molecule has 0 spiro atoms. The summed E-state index contributed by atoms with van der Waals surface area (Å²) in [6, 6.07) is 5.82. The van der Waals surface area contributed by atoms with Gasteiger partial charge in [0.2, 0.25) is 5.91 Å². The number of nitrogens with zero attached hydrogens (tertiary/aromatic N) is 4. The van der Waals surface area contributed by atoms with Gasteiger partial charge in [0.1, 0.15) is 11.4 Å². The van der Waals surface area contributed by atoms with Crippen molar-refractivity contribution < 1.29 is 14.3 Å². The fourth-order valence-corrected chi connectivity index (χ4v) is 3.58. The summed E-state index contributed by atoms with van der Waals surface area (Å²) < 4.78 is 13.2. The standard InChI is InChI=1S/C20H23N5O3/c1-12-7-17(20(27-4)5-6-28-11-20)23-19(8-12)25-16-9-18(22-14(3)26)21-10-15(16)13(2)24-25/h7-10H,5-6,11H2,1-4H3,(H,21,22,26)/t20-/m1/s1. The van der Waals surface area contributed by atoms with Crippen LogP contribution in [0.2, 0.25) is 0 Å². The molecular weight excluding hydrogens is 358 g/mol. The zero-order chi connectivity index (χ0) is 19.9. The predicted octanol–water partition coefficient (Wildman–Crippen LogP) is 2.65. The van der Waals surface area contributed by atoms with E-state index in [2.05, 4.69) is 15.4 Å². The fourth-order valence-electron chi connectivity index (χ4n) is 3.58. The van der Waals surface area contributed by atoms with Gasteiger partial charge >= 0.3 is 0 Å². The van der Waals surface area contributed by atoms with Gasteiger partial charge in [-0.2, -0.15) is 5.10 Å². The molecule has 0 unspecified atom stereocenters. The van der Waals surface area contributed by atoms with Crippen molar-refractivity contribution in [2.75, 3.05) is 25.6 Å². The van der Waals surface area contributed by atoms with E-state index in [9.17, 15) is 4.79 Å². The maximum Gasteiger partial charge on any atom is 0.222 e. The average molecular weight is 381 g/mol. The molecule has 8 heteroatoms. The molecule has 1 aliphatic heterocycles. The molecule has 4 rings (SSSR count). The lowest BCUT2D eigenvalue weighted by Gasteiger charge is -2.26. The Kier molecular flexibility index (Phi) is 4.60. The molecule has 0 aromatic carbocycles. The van der Waals surface area contributed by atoms with Crippen molar-refractivity contribution in [1.82, 2.24) is 19.7 Å². The number of aryl methyl sites for hydroxylation is 2. The molecule has 1 fully saturated rings. The van der Waals surface area contributed by atoms with Crippen LogP contribution in [0.15, 0.2) is 24.4 Å². The number of amides is 1. The molecule has 4 heterocycles. The van der Waals surface area contributed by atoms with E-state index in [1.54, 1.807) is 18.0 Å². The number of hydrogen-bond donors (Lipinski definition) is 1. The number of hydrogen-bond acceptors (Lipinski definition) is 6. The van der Waals surface area contributed by atoms with E-state index in [-0.39, 0.29) is 5.91 Å². The first-order valence-corrected chi connectivity index (χ1v) is 9.17. The number of rotatable bonds is 4. The van der Waals surface area contributed by atoms with Gasteiger partial charge in [-0.05, 0) is 31.5 Å². The molecule has 3 aromatic rings. The first-order chi connectivity index (χ1) is 13.4. The van der Waals surface area contributed by atoms with Gasteiger partial charge in [0.05, 0.1) is 23.5 Å². The Bertz CT molecular complexity index is 1050. The molecule has 0 aliphatic carbocycles. The molecular formula is C20H23N5O3. The molecule has 0 saturated carbocycles. The number of ether oxygens (including phenoxy) is 2. The average Bonchev–Trinajstić information content (AvgIpc) is 3.26. The van der Waals surface area contributed by atoms with E-state index in [1.165, 1.54) is 6.92 Å². The second-order valence-corrected chi connectivity index (χ2v) is 7.15. The number of fused-ring (bicyclic) bond motifs is 1. The minimum absolute atomic E-state index is 0.172. The Labute approximate surface area is 162 Å². The molecule has 1 aliphatic rings. The van der Waals surface area contributed by atoms with Gasteiger partial charge in [0.15, 0.2) is 5.82 Å². The highest BCUT2D eigenvalue weighted by Gasteiger charge is 2.38. The highest BCUT2D eigenvalue weighted by Crippen LogP contribution is 2.34. The van der Waals surface area contributed by atoms with Crippen LogP contribution in [0.1, 0.15) is 30.3 Å². The summed E-state index contributed by atoms with van der Waals surface area (Å²) in [4.78, 5) is 20.6. The van der Waals surface area contributed by atoms with Crippen molar-refractivity contribution in [3.05, 3.63) is 41.3 Å². The van der Waals surface area contributed by atoms with Crippen LogP contribution in [0.25, 0.3) is 16.7 Å². The highest BCUT2D eigenvalue weighted by molar-refractivity contribution is 5.91. The van der Waals surface area contributed by atoms with E-state index < -0.39 is 5.60 Å². The molecule has 8 nitrogen and oxygen atoms in total. The van der Waals surface area contributed by atoms with Crippen molar-refractivity contribution in [3.8, 4) is 5.82 Å². The molecule has 0 radical (unpaired) electrons. The van der Waals surface area contributed by atoms with Crippen LogP contribution in [0.5, 0.6) is 0 Å². The molecule has 146 valence electrons. The van der Waals surface area contributed by atoms with Gasteiger partial charge in [0, 0.05) is 44.7 Å². The minimum Gasteiger partial charge on any atom is -0.378 e. The summed E-state index contributed by atoms with van der Waals surface area (Å²) in [6.45, 7) is 6.54. The van der Waals surface area contributed by atoms with Crippen LogP contribution in [0, 0.1) is 13.8 Å². The smallest absolute Gasteiger partial charge is 0.222 e. The molecule has 1 N–H and O–H groups in total. The SMILES string of the molecule is CO[C@]1(c2cc(C)cc(-n3nc(C)c4cnc(NC(C)=O)cc43)n2)CCOC1. The third kappa shape index (κ3) is 3.14. The number of anilines is 1. The molecule has 28 heavy (non-hydrogen) atoms. The van der Waals surface area contributed by atoms with Gasteiger partial charge in [-0.25, -0.2) is 14.6 Å². The quantitative estimate of drug-likeness (QED) is 0.747. The van der Waals surface area contributed by atoms with Crippen molar-refractivity contribution in [2.24, 2.45) is 0 Å². The Balaban J connectivity index is 1.87. The summed E-state index contributed by atoms with van der Waals surface area (Å²) in [7, 11) is 1.69. The van der Waals surface area contributed by atoms with Crippen molar-refractivity contribution in [1.29, 1.82) is 0 Å². The van der Waals surface area contributed by atoms with Crippen LogP contribution in [-0.2, 0) is 19.9 Å². The summed E-state index contributed by atoms with van der Waals surface area (Å²) >= 11 is 0. The van der Waals surface area contributed by atoms with Crippen molar-refractivity contribution in [2.45, 2.75) is 32.8 Å². The lowest BCUT2D eigenvalue weighted by molar-refractivity contribution is -0.114. The number of aromatic nitrogens is 4. The van der Waals surface area contributed by atoms with Crippen LogP contribution < -0.4 is 5.32 Å². The maximum atomic E-state index is 11.4. The number of carbonyl (C=O) groups excluding carboxylic acids is 1. The monoisotopic (exact) mass is 381 g/mol. The number of methoxy groups -OCH3 is 1. The van der Waals surface area contributed by atoms with Gasteiger partial charge in [-0.15, -0.1) is 0 Å². The predicted molar refractivity (Wildman–Crippen MR) is 105 cm³/mol. The first kappa shape index (κ1) is 18.5. The summed E-state index contributed by atoms with van der Waals surface area (Å²) in [5, 5.41) is 8.29. The van der Waals surface area contributed by atoms with Gasteiger partial charge in [-0.1, -0.05) is 0 Å². The van der Waals surface area contributed by atoms with Crippen LogP contribution in [0.3, 0.4) is 0 Å². The normalized spacial score (nSPS) is 19.3. The zero-order valence-corrected chi connectivity index (χ0v) is 16.4. The molecule has 1 saturated heterocycles. The van der Waals surface area contributed by atoms with Crippen molar-refractivity contribution in [3.63, 3.8) is 0 Å². The van der Waals surface area contributed by atoms with Crippen LogP contribution in [0.4, 0.5) is 5.82 Å². The second kappa shape index (κ2) is 6.96. The van der Waals surface area contributed by atoms with E-state index in [0.29, 0.717) is 24.8 Å². The Morgan fingerprint density at radius 1 is 1.32 bits per heavy atom. The lowest BCUT2D eigenvalue weighted by Crippen LogP contribution is -2.30. The first-order valence-electron chi connectivity index (χ1n) is 9.17. The van der Waals surface area contributed by atoms with E-state index in [1.807, 2.05) is 32.0 Å². The van der Waals surface area contributed by atoms with Crippen LogP contribution in [-0.4, -0.2) is 46.0 Å². The Hall–Kier alpha value is -2.84. The highest BCUT2D eigenvalue weighted by atomic mass is 16.5. The van der Waals surface area contributed by atoms with E-state index in [4.69, 9.17) is 14.5 Å². The maximum absolute atomic E-state index is 11.4. The van der Waals surface area contributed by atoms with Gasteiger partial charge < -0.3 is 14.8 Å².